The molecule has 1 aromatic heterocycles. The van der Waals surface area contributed by atoms with Gasteiger partial charge in [-0.1, -0.05) is 12.1 Å². The predicted molar refractivity (Wildman–Crippen MR) is 76.5 cm³/mol. The summed E-state index contributed by atoms with van der Waals surface area (Å²) in [5, 5.41) is 11.4. The molecule has 1 saturated heterocycles. The lowest BCUT2D eigenvalue weighted by atomic mass is 10.1. The molecule has 0 aliphatic carbocycles. The van der Waals surface area contributed by atoms with Crippen molar-refractivity contribution >= 4 is 11.6 Å². The van der Waals surface area contributed by atoms with Gasteiger partial charge in [-0.25, -0.2) is 0 Å². The van der Waals surface area contributed by atoms with Crippen LogP contribution in [0.4, 0.5) is 5.69 Å². The number of nitrogens with one attached hydrogen (secondary N) is 4. The Morgan fingerprint density at radius 3 is 2.60 bits per heavy atom. The topological polar surface area (TPSA) is 89.8 Å². The quantitative estimate of drug-likeness (QED) is 0.669. The van der Waals surface area contributed by atoms with Crippen LogP contribution in [0.1, 0.15) is 6.42 Å². The van der Waals surface area contributed by atoms with Gasteiger partial charge in [-0.15, -0.1) is 0 Å². The summed E-state index contributed by atoms with van der Waals surface area (Å²) >= 11 is 0. The second-order valence-corrected chi connectivity index (χ2v) is 4.93. The van der Waals surface area contributed by atoms with Gasteiger partial charge in [0.1, 0.15) is 0 Å². The molecule has 104 valence electrons. The maximum Gasteiger partial charge on any atom is 0.264 e. The lowest BCUT2D eigenvalue weighted by Crippen LogP contribution is -2.24. The standard InChI is InChI=1S/C14H16N4O2/c19-13-7-12(17-18-13)9-1-3-11(4-2-9)16-14(20)10-5-6-15-8-10/h1-4,7,10,15H,5-6,8H2,(H,16,20)(H2,17,18,19). The summed E-state index contributed by atoms with van der Waals surface area (Å²) in [6.07, 6.45) is 0.883. The number of amides is 1. The van der Waals surface area contributed by atoms with E-state index < -0.39 is 0 Å². The van der Waals surface area contributed by atoms with E-state index in [1.165, 1.54) is 6.07 Å². The van der Waals surface area contributed by atoms with Crippen LogP contribution in [0, 0.1) is 5.92 Å². The highest BCUT2D eigenvalue weighted by Crippen LogP contribution is 2.19. The fourth-order valence-electron chi connectivity index (χ4n) is 2.34. The van der Waals surface area contributed by atoms with E-state index in [0.29, 0.717) is 0 Å². The Kier molecular flexibility index (Phi) is 3.39. The fraction of sp³-hybridized carbons (Fsp3) is 0.286. The van der Waals surface area contributed by atoms with Gasteiger partial charge in [0.2, 0.25) is 5.91 Å². The van der Waals surface area contributed by atoms with E-state index in [-0.39, 0.29) is 17.4 Å². The first kappa shape index (κ1) is 12.7. The Morgan fingerprint density at radius 2 is 2.00 bits per heavy atom. The Hall–Kier alpha value is -2.34. The molecule has 1 unspecified atom stereocenters. The highest BCUT2D eigenvalue weighted by Gasteiger charge is 2.22. The number of benzene rings is 1. The number of hydrogen-bond donors (Lipinski definition) is 4. The number of carbonyl (C=O) groups is 1. The van der Waals surface area contributed by atoms with Gasteiger partial charge in [0.25, 0.3) is 5.56 Å². The SMILES string of the molecule is O=C(Nc1ccc(-c2cc(=O)[nH][nH]2)cc1)C1CCNC1. The summed E-state index contributed by atoms with van der Waals surface area (Å²) in [5.74, 6) is 0.105. The van der Waals surface area contributed by atoms with Crippen LogP contribution in [-0.2, 0) is 4.79 Å². The van der Waals surface area contributed by atoms with Crippen LogP contribution in [0.2, 0.25) is 0 Å². The third kappa shape index (κ3) is 2.65. The highest BCUT2D eigenvalue weighted by molar-refractivity contribution is 5.93. The average Bonchev–Trinajstić information content (AvgIpc) is 3.10. The molecule has 4 N–H and O–H groups in total. The monoisotopic (exact) mass is 272 g/mol. The number of H-pyrrole nitrogens is 2. The summed E-state index contributed by atoms with van der Waals surface area (Å²) in [6, 6.07) is 8.89. The largest absolute Gasteiger partial charge is 0.326 e. The molecule has 1 aliphatic heterocycles. The minimum atomic E-state index is -0.161. The van der Waals surface area contributed by atoms with Gasteiger partial charge < -0.3 is 10.6 Å². The number of anilines is 1. The van der Waals surface area contributed by atoms with Crippen molar-refractivity contribution in [2.45, 2.75) is 6.42 Å². The van der Waals surface area contributed by atoms with Crippen molar-refractivity contribution in [2.75, 3.05) is 18.4 Å². The highest BCUT2D eigenvalue weighted by atomic mass is 16.2. The first-order chi connectivity index (χ1) is 9.72. The van der Waals surface area contributed by atoms with E-state index in [0.717, 1.165) is 36.5 Å². The molecule has 6 nitrogen and oxygen atoms in total. The molecule has 0 saturated carbocycles. The molecule has 1 aliphatic rings. The second kappa shape index (κ2) is 5.34. The van der Waals surface area contributed by atoms with Crippen molar-refractivity contribution in [3.8, 4) is 11.3 Å². The molecule has 2 aromatic rings. The van der Waals surface area contributed by atoms with Crippen LogP contribution in [-0.4, -0.2) is 29.2 Å². The van der Waals surface area contributed by atoms with Crippen LogP contribution in [0.15, 0.2) is 35.1 Å². The van der Waals surface area contributed by atoms with Gasteiger partial charge in [0.05, 0.1) is 11.6 Å². The zero-order valence-corrected chi connectivity index (χ0v) is 10.9. The first-order valence-corrected chi connectivity index (χ1v) is 6.62. The van der Waals surface area contributed by atoms with E-state index in [2.05, 4.69) is 20.8 Å². The zero-order chi connectivity index (χ0) is 13.9. The van der Waals surface area contributed by atoms with Crippen molar-refractivity contribution < 1.29 is 4.79 Å². The molecule has 1 atom stereocenters. The van der Waals surface area contributed by atoms with Gasteiger partial charge in [0, 0.05) is 18.3 Å². The molecule has 20 heavy (non-hydrogen) atoms. The van der Waals surface area contributed by atoms with E-state index in [1.54, 1.807) is 0 Å². The third-order valence-corrected chi connectivity index (χ3v) is 3.49. The average molecular weight is 272 g/mol. The third-order valence-electron chi connectivity index (χ3n) is 3.49. The maximum absolute atomic E-state index is 12.0. The molecule has 0 spiro atoms. The van der Waals surface area contributed by atoms with Gasteiger partial charge in [-0.05, 0) is 30.7 Å². The summed E-state index contributed by atoms with van der Waals surface area (Å²) in [5.41, 5.74) is 2.23. The number of hydrogen-bond acceptors (Lipinski definition) is 3. The van der Waals surface area contributed by atoms with Crippen molar-refractivity contribution in [1.82, 2.24) is 15.5 Å². The fourth-order valence-corrected chi connectivity index (χ4v) is 2.34. The Morgan fingerprint density at radius 1 is 1.20 bits per heavy atom. The van der Waals surface area contributed by atoms with Gasteiger partial charge in [-0.2, -0.15) is 0 Å². The number of aromatic amines is 2. The van der Waals surface area contributed by atoms with Crippen molar-refractivity contribution in [3.05, 3.63) is 40.7 Å². The summed E-state index contributed by atoms with van der Waals surface area (Å²) in [7, 11) is 0. The van der Waals surface area contributed by atoms with Crippen molar-refractivity contribution in [2.24, 2.45) is 5.92 Å². The van der Waals surface area contributed by atoms with Gasteiger partial charge in [-0.3, -0.25) is 19.8 Å². The molecular weight excluding hydrogens is 256 g/mol. The Labute approximate surface area is 115 Å². The predicted octanol–water partition coefficient (Wildman–Crippen LogP) is 0.918. The lowest BCUT2D eigenvalue weighted by Gasteiger charge is -2.10. The van der Waals surface area contributed by atoms with Crippen LogP contribution in [0.25, 0.3) is 11.3 Å². The Bertz CT molecular complexity index is 650. The molecule has 6 heteroatoms. The summed E-state index contributed by atoms with van der Waals surface area (Å²) in [6.45, 7) is 1.65. The van der Waals surface area contributed by atoms with E-state index in [1.807, 2.05) is 24.3 Å². The van der Waals surface area contributed by atoms with Crippen LogP contribution in [0.5, 0.6) is 0 Å². The smallest absolute Gasteiger partial charge is 0.264 e. The molecule has 1 fully saturated rings. The van der Waals surface area contributed by atoms with Crippen LogP contribution >= 0.6 is 0 Å². The van der Waals surface area contributed by atoms with Crippen LogP contribution in [0.3, 0.4) is 0 Å². The number of rotatable bonds is 3. The van der Waals surface area contributed by atoms with Crippen molar-refractivity contribution in [3.63, 3.8) is 0 Å². The molecule has 2 heterocycles. The number of carbonyl (C=O) groups excluding carboxylic acids is 1. The molecule has 0 radical (unpaired) electrons. The lowest BCUT2D eigenvalue weighted by molar-refractivity contribution is -0.119. The normalized spacial score (nSPS) is 18.1. The minimum Gasteiger partial charge on any atom is -0.326 e. The zero-order valence-electron chi connectivity index (χ0n) is 10.9. The first-order valence-electron chi connectivity index (χ1n) is 6.62. The van der Waals surface area contributed by atoms with Crippen LogP contribution < -0.4 is 16.2 Å². The van der Waals surface area contributed by atoms with Crippen molar-refractivity contribution in [1.29, 1.82) is 0 Å². The summed E-state index contributed by atoms with van der Waals surface area (Å²) in [4.78, 5) is 23.0. The Balaban J connectivity index is 1.69. The minimum absolute atomic E-state index is 0.0516. The molecule has 1 aromatic carbocycles. The second-order valence-electron chi connectivity index (χ2n) is 4.93. The molecule has 1 amide bonds. The van der Waals surface area contributed by atoms with Gasteiger partial charge >= 0.3 is 0 Å². The molecule has 0 bridgehead atoms. The summed E-state index contributed by atoms with van der Waals surface area (Å²) < 4.78 is 0. The van der Waals surface area contributed by atoms with Gasteiger partial charge in [0.15, 0.2) is 0 Å². The van der Waals surface area contributed by atoms with E-state index >= 15 is 0 Å². The number of aromatic nitrogens is 2. The molecule has 3 rings (SSSR count). The molecular formula is C14H16N4O2. The van der Waals surface area contributed by atoms with E-state index in [9.17, 15) is 9.59 Å². The maximum atomic E-state index is 12.0. The van der Waals surface area contributed by atoms with E-state index in [4.69, 9.17) is 0 Å².